The van der Waals surface area contributed by atoms with Crippen LogP contribution in [0.4, 0.5) is 5.69 Å². The van der Waals surface area contributed by atoms with E-state index >= 15 is 0 Å². The summed E-state index contributed by atoms with van der Waals surface area (Å²) in [7, 11) is 0. The maximum atomic E-state index is 13.2. The minimum absolute atomic E-state index is 0.00431. The Labute approximate surface area is 161 Å². The molecule has 0 aromatic carbocycles. The second kappa shape index (κ2) is 7.38. The van der Waals surface area contributed by atoms with Gasteiger partial charge in [0.1, 0.15) is 9.53 Å². The largest absolute Gasteiger partial charge is 0.312 e. The number of pyridine rings is 1. The van der Waals surface area contributed by atoms with Crippen molar-refractivity contribution in [2.45, 2.75) is 58.4 Å². The van der Waals surface area contributed by atoms with Gasteiger partial charge in [-0.1, -0.05) is 26.7 Å². The van der Waals surface area contributed by atoms with E-state index in [1.807, 2.05) is 6.07 Å². The number of hydrogen-bond donors (Lipinski definition) is 0. The lowest BCUT2D eigenvalue weighted by atomic mass is 10.1. The number of carbonyl (C=O) groups excluding carboxylic acids is 1. The number of anilines is 1. The molecule has 3 aromatic heterocycles. The van der Waals surface area contributed by atoms with Crippen LogP contribution in [0.25, 0.3) is 20.4 Å². The normalized spacial score (nSPS) is 15.9. The summed E-state index contributed by atoms with van der Waals surface area (Å²) in [5.41, 5.74) is 1.51. The predicted octanol–water partition coefficient (Wildman–Crippen LogP) is 4.27. The Morgan fingerprint density at radius 1 is 1.26 bits per heavy atom. The highest BCUT2D eigenvalue weighted by Gasteiger charge is 2.26. The highest BCUT2D eigenvalue weighted by molar-refractivity contribution is 7.25. The van der Waals surface area contributed by atoms with Gasteiger partial charge >= 0.3 is 0 Å². The van der Waals surface area contributed by atoms with Crippen LogP contribution in [-0.4, -0.2) is 27.0 Å². The molecule has 142 valence electrons. The van der Waals surface area contributed by atoms with Crippen LogP contribution in [0.1, 0.15) is 58.4 Å². The molecule has 4 rings (SSSR count). The van der Waals surface area contributed by atoms with Crippen molar-refractivity contribution in [3.63, 3.8) is 0 Å². The molecule has 1 atom stereocenters. The summed E-state index contributed by atoms with van der Waals surface area (Å²) in [6.07, 6.45) is 8.93. The predicted molar refractivity (Wildman–Crippen MR) is 110 cm³/mol. The Morgan fingerprint density at radius 3 is 2.81 bits per heavy atom. The van der Waals surface area contributed by atoms with Crippen LogP contribution in [0.15, 0.2) is 23.4 Å². The second-order valence-corrected chi connectivity index (χ2v) is 8.10. The van der Waals surface area contributed by atoms with E-state index in [0.29, 0.717) is 23.2 Å². The summed E-state index contributed by atoms with van der Waals surface area (Å²) in [5, 5.41) is 0.832. The van der Waals surface area contributed by atoms with Gasteiger partial charge < -0.3 is 4.90 Å². The van der Waals surface area contributed by atoms with Crippen molar-refractivity contribution in [2.75, 3.05) is 11.4 Å². The lowest BCUT2D eigenvalue weighted by Gasteiger charge is -2.18. The molecular weight excluding hydrogens is 360 g/mol. The molecule has 1 fully saturated rings. The number of thiophene rings is 1. The molecule has 0 spiro atoms. The fraction of sp³-hybridized carbons (Fsp3) is 0.500. The van der Waals surface area contributed by atoms with Gasteiger partial charge in [0, 0.05) is 25.2 Å². The van der Waals surface area contributed by atoms with Crippen molar-refractivity contribution in [1.82, 2.24) is 14.5 Å². The van der Waals surface area contributed by atoms with Crippen LogP contribution in [0, 0.1) is 0 Å². The zero-order chi connectivity index (χ0) is 19.0. The molecule has 0 radical (unpaired) electrons. The van der Waals surface area contributed by atoms with Gasteiger partial charge in [-0.2, -0.15) is 0 Å². The van der Waals surface area contributed by atoms with Gasteiger partial charge in [0.25, 0.3) is 5.56 Å². The van der Waals surface area contributed by atoms with E-state index in [9.17, 15) is 9.59 Å². The molecule has 1 saturated heterocycles. The van der Waals surface area contributed by atoms with Gasteiger partial charge in [0.05, 0.1) is 22.9 Å². The first-order valence-corrected chi connectivity index (χ1v) is 10.6. The fourth-order valence-corrected chi connectivity index (χ4v) is 4.97. The molecule has 1 aliphatic rings. The van der Waals surface area contributed by atoms with Gasteiger partial charge in [-0.3, -0.25) is 14.2 Å². The maximum Gasteiger partial charge on any atom is 0.271 e. The van der Waals surface area contributed by atoms with Crippen LogP contribution in [-0.2, 0) is 4.79 Å². The molecule has 0 bridgehead atoms. The average Bonchev–Trinajstić information content (AvgIpc) is 3.27. The Balaban J connectivity index is 1.89. The number of nitrogens with zero attached hydrogens (tertiary/aromatic N) is 4. The molecule has 0 aliphatic carbocycles. The summed E-state index contributed by atoms with van der Waals surface area (Å²) in [4.78, 5) is 37.1. The Bertz CT molecular complexity index is 1060. The highest BCUT2D eigenvalue weighted by Crippen LogP contribution is 2.37. The van der Waals surface area contributed by atoms with Gasteiger partial charge in [-0.15, -0.1) is 11.3 Å². The van der Waals surface area contributed by atoms with Crippen molar-refractivity contribution in [1.29, 1.82) is 0 Å². The first-order chi connectivity index (χ1) is 13.2. The Hall–Kier alpha value is -2.28. The molecule has 27 heavy (non-hydrogen) atoms. The minimum Gasteiger partial charge on any atom is -0.312 e. The van der Waals surface area contributed by atoms with Crippen molar-refractivity contribution in [2.24, 2.45) is 0 Å². The first-order valence-electron chi connectivity index (χ1n) is 9.74. The van der Waals surface area contributed by atoms with Gasteiger partial charge in [0.2, 0.25) is 5.91 Å². The van der Waals surface area contributed by atoms with Crippen molar-refractivity contribution < 1.29 is 4.79 Å². The van der Waals surface area contributed by atoms with E-state index in [4.69, 9.17) is 0 Å². The molecular formula is C20H24N4O2S. The second-order valence-electron chi connectivity index (χ2n) is 7.10. The molecule has 3 aromatic rings. The molecule has 1 unspecified atom stereocenters. The number of fused-ring (bicyclic) bond motifs is 3. The summed E-state index contributed by atoms with van der Waals surface area (Å²) in [6, 6.07) is 2.04. The van der Waals surface area contributed by atoms with E-state index in [-0.39, 0.29) is 17.5 Å². The van der Waals surface area contributed by atoms with Crippen molar-refractivity contribution >= 4 is 43.4 Å². The molecule has 1 amide bonds. The van der Waals surface area contributed by atoms with Crippen LogP contribution < -0.4 is 10.5 Å². The van der Waals surface area contributed by atoms with Crippen LogP contribution in [0.3, 0.4) is 0 Å². The molecule has 4 heterocycles. The maximum absolute atomic E-state index is 13.2. The third-order valence-electron chi connectivity index (χ3n) is 5.40. The summed E-state index contributed by atoms with van der Waals surface area (Å²) in [5.74, 6) is 0.126. The zero-order valence-electron chi connectivity index (χ0n) is 15.8. The fourth-order valence-electron chi connectivity index (χ4n) is 3.92. The highest BCUT2D eigenvalue weighted by atomic mass is 32.1. The van der Waals surface area contributed by atoms with E-state index in [1.54, 1.807) is 22.0 Å². The summed E-state index contributed by atoms with van der Waals surface area (Å²) in [6.45, 7) is 4.98. The summed E-state index contributed by atoms with van der Waals surface area (Å²) >= 11 is 1.38. The topological polar surface area (TPSA) is 68.1 Å². The van der Waals surface area contributed by atoms with Gasteiger partial charge in [0.15, 0.2) is 0 Å². The van der Waals surface area contributed by atoms with Crippen molar-refractivity contribution in [3.05, 3.63) is 28.9 Å². The Kier molecular flexibility index (Phi) is 4.95. The van der Waals surface area contributed by atoms with Crippen LogP contribution in [0.5, 0.6) is 0 Å². The van der Waals surface area contributed by atoms with Gasteiger partial charge in [-0.25, -0.2) is 9.97 Å². The molecule has 0 saturated carbocycles. The number of hydrogen-bond acceptors (Lipinski definition) is 5. The van der Waals surface area contributed by atoms with E-state index in [1.165, 1.54) is 11.3 Å². The minimum atomic E-state index is 0.00431. The van der Waals surface area contributed by atoms with E-state index < -0.39 is 0 Å². The molecule has 1 aliphatic heterocycles. The van der Waals surface area contributed by atoms with Crippen molar-refractivity contribution in [3.8, 4) is 0 Å². The lowest BCUT2D eigenvalue weighted by molar-refractivity contribution is -0.117. The van der Waals surface area contributed by atoms with E-state index in [2.05, 4.69) is 23.8 Å². The van der Waals surface area contributed by atoms with E-state index in [0.717, 1.165) is 48.0 Å². The monoisotopic (exact) mass is 384 g/mol. The summed E-state index contributed by atoms with van der Waals surface area (Å²) < 4.78 is 2.42. The third kappa shape index (κ3) is 3.04. The van der Waals surface area contributed by atoms with Crippen LogP contribution in [0.2, 0.25) is 0 Å². The quantitative estimate of drug-likeness (QED) is 0.636. The average molecular weight is 385 g/mol. The molecule has 0 N–H and O–H groups in total. The number of rotatable bonds is 6. The van der Waals surface area contributed by atoms with Gasteiger partial charge in [-0.05, 0) is 25.3 Å². The number of carbonyl (C=O) groups is 1. The first kappa shape index (κ1) is 18.1. The number of amides is 1. The van der Waals surface area contributed by atoms with Crippen LogP contribution >= 0.6 is 11.3 Å². The lowest BCUT2D eigenvalue weighted by Crippen LogP contribution is -2.25. The zero-order valence-corrected chi connectivity index (χ0v) is 16.6. The third-order valence-corrected chi connectivity index (χ3v) is 6.48. The number of aromatic nitrogens is 3. The molecule has 7 heteroatoms. The molecule has 6 nitrogen and oxygen atoms in total. The smallest absolute Gasteiger partial charge is 0.271 e. The SMILES string of the molecule is CCCCC(CC)n1cnc2c(sc3nccc(N4CCCC4=O)c32)c1=O. The Morgan fingerprint density at radius 2 is 2.11 bits per heavy atom. The number of unbranched alkanes of at least 4 members (excludes halogenated alkanes) is 1. The standard InChI is InChI=1S/C20H24N4O2S/c1-3-5-7-13(4-2)24-12-22-17-16-14(23-11-6-8-15(23)25)9-10-21-19(16)27-18(17)20(24)26/h9-10,12-13H,3-8,11H2,1-2H3.